The largest absolute Gasteiger partial charge is 0.497 e. The van der Waals surface area contributed by atoms with Crippen LogP contribution in [0.4, 0.5) is 5.69 Å². The van der Waals surface area contributed by atoms with Crippen molar-refractivity contribution in [1.82, 2.24) is 0 Å². The average Bonchev–Trinajstić information content (AvgIpc) is 2.90. The third kappa shape index (κ3) is 2.93. The van der Waals surface area contributed by atoms with Gasteiger partial charge >= 0.3 is 0 Å². The first-order chi connectivity index (χ1) is 12.4. The Kier molecular flexibility index (Phi) is 4.70. The lowest BCUT2D eigenvalue weighted by Gasteiger charge is -2.21. The van der Waals surface area contributed by atoms with Gasteiger partial charge in [0, 0.05) is 17.3 Å². The van der Waals surface area contributed by atoms with Crippen LogP contribution in [0.3, 0.4) is 0 Å². The maximum atomic E-state index is 12.8. The van der Waals surface area contributed by atoms with Crippen molar-refractivity contribution < 1.29 is 24.2 Å². The van der Waals surface area contributed by atoms with Gasteiger partial charge in [0.05, 0.1) is 26.2 Å². The van der Waals surface area contributed by atoms with Crippen molar-refractivity contribution in [1.29, 1.82) is 0 Å². The van der Waals surface area contributed by atoms with Crippen LogP contribution in [0.1, 0.15) is 34.8 Å². The molecule has 1 heterocycles. The van der Waals surface area contributed by atoms with E-state index < -0.39 is 17.3 Å². The van der Waals surface area contributed by atoms with Crippen LogP contribution in [0.25, 0.3) is 0 Å². The first kappa shape index (κ1) is 17.9. The summed E-state index contributed by atoms with van der Waals surface area (Å²) in [5, 5.41) is 13.7. The summed E-state index contributed by atoms with van der Waals surface area (Å²) < 4.78 is 10.4. The highest BCUT2D eigenvalue weighted by atomic mass is 16.5. The van der Waals surface area contributed by atoms with Crippen LogP contribution in [0, 0.1) is 0 Å². The van der Waals surface area contributed by atoms with Crippen LogP contribution >= 0.6 is 0 Å². The predicted molar refractivity (Wildman–Crippen MR) is 96.8 cm³/mol. The SMILES string of the molecule is CCc1ccc2c(c1)[C@@](O)(CC(=O)c1ccc(OC)cc1OC)C(=O)N2. The van der Waals surface area contributed by atoms with Crippen LogP contribution in [-0.4, -0.2) is 31.0 Å². The fourth-order valence-electron chi connectivity index (χ4n) is 3.14. The highest BCUT2D eigenvalue weighted by Gasteiger charge is 2.47. The number of amides is 1. The van der Waals surface area contributed by atoms with Crippen LogP contribution in [0.2, 0.25) is 0 Å². The Morgan fingerprint density at radius 1 is 1.15 bits per heavy atom. The molecule has 6 heteroatoms. The summed E-state index contributed by atoms with van der Waals surface area (Å²) in [6, 6.07) is 10.2. The summed E-state index contributed by atoms with van der Waals surface area (Å²) in [6.07, 6.45) is 0.388. The third-order valence-corrected chi connectivity index (χ3v) is 4.69. The predicted octanol–water partition coefficient (Wildman–Crippen LogP) is 2.68. The quantitative estimate of drug-likeness (QED) is 0.778. The summed E-state index contributed by atoms with van der Waals surface area (Å²) in [7, 11) is 2.97. The molecule has 0 fully saturated rings. The number of aryl methyl sites for hydroxylation is 1. The summed E-state index contributed by atoms with van der Waals surface area (Å²) >= 11 is 0. The smallest absolute Gasteiger partial charge is 0.261 e. The normalized spacial score (nSPS) is 18.2. The second-order valence-electron chi connectivity index (χ2n) is 6.21. The lowest BCUT2D eigenvalue weighted by molar-refractivity contribution is -0.133. The highest BCUT2D eigenvalue weighted by molar-refractivity contribution is 6.10. The summed E-state index contributed by atoms with van der Waals surface area (Å²) in [5.41, 5.74) is 0.331. The fraction of sp³-hybridized carbons (Fsp3) is 0.300. The molecule has 0 spiro atoms. The van der Waals surface area contributed by atoms with E-state index in [0.29, 0.717) is 22.7 Å². The standard InChI is InChI=1S/C20H21NO5/c1-4-12-5-8-16-15(9-12)20(24,19(23)21-16)11-17(22)14-7-6-13(25-2)10-18(14)26-3/h5-10,24H,4,11H2,1-3H3,(H,21,23)/t20-/m0/s1. The molecule has 136 valence electrons. The van der Waals surface area contributed by atoms with Crippen LogP contribution in [0.15, 0.2) is 36.4 Å². The molecule has 0 radical (unpaired) electrons. The number of carbonyl (C=O) groups excluding carboxylic acids is 2. The van der Waals surface area contributed by atoms with Crippen molar-refractivity contribution >= 4 is 17.4 Å². The molecule has 0 saturated carbocycles. The molecule has 3 rings (SSSR count). The summed E-state index contributed by atoms with van der Waals surface area (Å²) in [4.78, 5) is 25.2. The molecule has 1 atom stereocenters. The van der Waals surface area contributed by atoms with Gasteiger partial charge in [-0.05, 0) is 30.2 Å². The van der Waals surface area contributed by atoms with E-state index in [1.807, 2.05) is 13.0 Å². The number of hydrogen-bond acceptors (Lipinski definition) is 5. The van der Waals surface area contributed by atoms with Gasteiger partial charge in [0.25, 0.3) is 5.91 Å². The number of benzene rings is 2. The van der Waals surface area contributed by atoms with Gasteiger partial charge in [0.2, 0.25) is 0 Å². The van der Waals surface area contributed by atoms with Gasteiger partial charge in [-0.2, -0.15) is 0 Å². The van der Waals surface area contributed by atoms with E-state index in [0.717, 1.165) is 12.0 Å². The number of Topliss-reactive ketones (excluding diaryl/α,β-unsaturated/α-hetero) is 1. The Morgan fingerprint density at radius 3 is 2.58 bits per heavy atom. The van der Waals surface area contributed by atoms with Crippen molar-refractivity contribution in [2.45, 2.75) is 25.4 Å². The van der Waals surface area contributed by atoms with E-state index in [4.69, 9.17) is 9.47 Å². The van der Waals surface area contributed by atoms with Gasteiger partial charge < -0.3 is 19.9 Å². The minimum Gasteiger partial charge on any atom is -0.497 e. The van der Waals surface area contributed by atoms with E-state index in [1.54, 1.807) is 30.3 Å². The van der Waals surface area contributed by atoms with Crippen molar-refractivity contribution in [2.75, 3.05) is 19.5 Å². The molecule has 6 nitrogen and oxygen atoms in total. The van der Waals surface area contributed by atoms with E-state index in [2.05, 4.69) is 5.32 Å². The lowest BCUT2D eigenvalue weighted by atomic mass is 9.87. The van der Waals surface area contributed by atoms with Gasteiger partial charge in [-0.3, -0.25) is 9.59 Å². The number of ketones is 1. The zero-order valence-corrected chi connectivity index (χ0v) is 15.0. The van der Waals surface area contributed by atoms with Gasteiger partial charge in [-0.1, -0.05) is 19.1 Å². The molecule has 2 aromatic rings. The van der Waals surface area contributed by atoms with Crippen LogP contribution < -0.4 is 14.8 Å². The Hall–Kier alpha value is -2.86. The molecular weight excluding hydrogens is 334 g/mol. The minimum atomic E-state index is -1.90. The number of rotatable bonds is 6. The van der Waals surface area contributed by atoms with E-state index in [1.165, 1.54) is 14.2 Å². The summed E-state index contributed by atoms with van der Waals surface area (Å²) in [5.74, 6) is -0.106. The number of fused-ring (bicyclic) bond motifs is 1. The van der Waals surface area contributed by atoms with Crippen molar-refractivity contribution in [3.63, 3.8) is 0 Å². The second kappa shape index (κ2) is 6.80. The number of methoxy groups -OCH3 is 2. The maximum absolute atomic E-state index is 12.8. The van der Waals surface area contributed by atoms with Crippen molar-refractivity contribution in [3.05, 3.63) is 53.1 Å². The molecule has 2 N–H and O–H groups in total. The highest BCUT2D eigenvalue weighted by Crippen LogP contribution is 2.40. The number of ether oxygens (including phenoxy) is 2. The average molecular weight is 355 g/mol. The van der Waals surface area contributed by atoms with E-state index in [9.17, 15) is 14.7 Å². The Bertz CT molecular complexity index is 877. The molecule has 1 aliphatic rings. The summed E-state index contributed by atoms with van der Waals surface area (Å²) in [6.45, 7) is 1.98. The van der Waals surface area contributed by atoms with Gasteiger partial charge in [0.15, 0.2) is 11.4 Å². The number of anilines is 1. The number of aliphatic hydroxyl groups is 1. The van der Waals surface area contributed by atoms with Gasteiger partial charge in [-0.25, -0.2) is 0 Å². The Labute approximate surface area is 151 Å². The molecule has 0 aromatic heterocycles. The third-order valence-electron chi connectivity index (χ3n) is 4.69. The fourth-order valence-corrected chi connectivity index (χ4v) is 3.14. The minimum absolute atomic E-state index is 0.287. The van der Waals surface area contributed by atoms with Crippen LogP contribution in [0.5, 0.6) is 11.5 Å². The Morgan fingerprint density at radius 2 is 1.92 bits per heavy atom. The molecule has 2 aromatic carbocycles. The Balaban J connectivity index is 1.96. The topological polar surface area (TPSA) is 84.9 Å². The molecule has 0 unspecified atom stereocenters. The maximum Gasteiger partial charge on any atom is 0.261 e. The van der Waals surface area contributed by atoms with Gasteiger partial charge in [-0.15, -0.1) is 0 Å². The number of hydrogen-bond donors (Lipinski definition) is 2. The molecule has 1 amide bonds. The lowest BCUT2D eigenvalue weighted by Crippen LogP contribution is -2.36. The molecule has 0 bridgehead atoms. The monoisotopic (exact) mass is 355 g/mol. The zero-order valence-electron chi connectivity index (χ0n) is 15.0. The number of carbonyl (C=O) groups is 2. The molecular formula is C20H21NO5. The zero-order chi connectivity index (χ0) is 18.9. The second-order valence-corrected chi connectivity index (χ2v) is 6.21. The molecule has 0 aliphatic carbocycles. The van der Waals surface area contributed by atoms with Gasteiger partial charge in [0.1, 0.15) is 11.5 Å². The molecule has 26 heavy (non-hydrogen) atoms. The van der Waals surface area contributed by atoms with Crippen LogP contribution in [-0.2, 0) is 16.8 Å². The van der Waals surface area contributed by atoms with E-state index in [-0.39, 0.29) is 12.0 Å². The van der Waals surface area contributed by atoms with E-state index >= 15 is 0 Å². The number of nitrogens with one attached hydrogen (secondary N) is 1. The first-order valence-corrected chi connectivity index (χ1v) is 8.35. The van der Waals surface area contributed by atoms with Crippen molar-refractivity contribution in [2.24, 2.45) is 0 Å². The first-order valence-electron chi connectivity index (χ1n) is 8.35. The molecule has 1 aliphatic heterocycles. The molecule has 0 saturated heterocycles. The van der Waals surface area contributed by atoms with Crippen molar-refractivity contribution in [3.8, 4) is 11.5 Å².